The molecule has 1 fully saturated rings. The van der Waals surface area contributed by atoms with Crippen LogP contribution in [0.4, 0.5) is 5.69 Å². The highest BCUT2D eigenvalue weighted by Crippen LogP contribution is 2.29. The minimum Gasteiger partial charge on any atom is -0.495 e. The quantitative estimate of drug-likeness (QED) is 0.285. The average Bonchev–Trinajstić information content (AvgIpc) is 2.87. The molecule has 3 rings (SSSR count). The lowest BCUT2D eigenvalue weighted by Crippen LogP contribution is -2.52. The average molecular weight is 453 g/mol. The normalized spacial score (nSPS) is 13.5. The standard InChI is InChI=1S/C24H28N4O5/c1-4-15-33-21-10-9-18(16-22(21)32-3)17-25-26-23(29)24(30)28-13-11-27(12-14-28)19-7-5-6-8-20(19)31-2/h4-10,16-17H,1,11-15H2,2-3H3,(H,26,29)/b25-17+. The van der Waals surface area contributed by atoms with E-state index in [9.17, 15) is 9.59 Å². The second kappa shape index (κ2) is 11.6. The van der Waals surface area contributed by atoms with Crippen LogP contribution in [0.1, 0.15) is 5.56 Å². The third-order valence-corrected chi connectivity index (χ3v) is 5.11. The number of hydrogen-bond donors (Lipinski definition) is 1. The number of carbonyl (C=O) groups is 2. The largest absolute Gasteiger partial charge is 0.495 e. The van der Waals surface area contributed by atoms with Crippen molar-refractivity contribution < 1.29 is 23.8 Å². The Hall–Kier alpha value is -4.01. The van der Waals surface area contributed by atoms with Gasteiger partial charge in [0.2, 0.25) is 0 Å². The molecule has 0 saturated carbocycles. The van der Waals surface area contributed by atoms with Crippen LogP contribution in [0.5, 0.6) is 17.2 Å². The minimum atomic E-state index is -0.783. The number of hydrazone groups is 1. The number of anilines is 1. The summed E-state index contributed by atoms with van der Waals surface area (Å²) < 4.78 is 16.2. The summed E-state index contributed by atoms with van der Waals surface area (Å²) in [5, 5.41) is 3.90. The molecule has 0 radical (unpaired) electrons. The van der Waals surface area contributed by atoms with Crippen LogP contribution in [-0.2, 0) is 9.59 Å². The number of hydrogen-bond acceptors (Lipinski definition) is 7. The summed E-state index contributed by atoms with van der Waals surface area (Å²) >= 11 is 0. The number of para-hydroxylation sites is 2. The van der Waals surface area contributed by atoms with Crippen LogP contribution < -0.4 is 24.5 Å². The van der Waals surface area contributed by atoms with Crippen molar-refractivity contribution in [3.8, 4) is 17.2 Å². The van der Waals surface area contributed by atoms with E-state index in [4.69, 9.17) is 14.2 Å². The Balaban J connectivity index is 1.52. The van der Waals surface area contributed by atoms with Gasteiger partial charge in [0.15, 0.2) is 11.5 Å². The molecule has 0 unspecified atom stereocenters. The molecule has 9 nitrogen and oxygen atoms in total. The molecule has 2 aromatic rings. The van der Waals surface area contributed by atoms with E-state index in [1.165, 1.54) is 18.2 Å². The zero-order chi connectivity index (χ0) is 23.6. The van der Waals surface area contributed by atoms with E-state index >= 15 is 0 Å². The van der Waals surface area contributed by atoms with Gasteiger partial charge in [-0.15, -0.1) is 0 Å². The highest BCUT2D eigenvalue weighted by molar-refractivity contribution is 6.35. The maximum atomic E-state index is 12.5. The van der Waals surface area contributed by atoms with Crippen molar-refractivity contribution >= 4 is 23.7 Å². The first-order chi connectivity index (χ1) is 16.1. The van der Waals surface area contributed by atoms with E-state index in [0.717, 1.165) is 11.4 Å². The number of ether oxygens (including phenoxy) is 3. The second-order valence-corrected chi connectivity index (χ2v) is 7.16. The zero-order valence-corrected chi connectivity index (χ0v) is 18.8. The monoisotopic (exact) mass is 452 g/mol. The molecule has 0 aliphatic carbocycles. The third-order valence-electron chi connectivity index (χ3n) is 5.11. The molecule has 0 aromatic heterocycles. The minimum absolute atomic E-state index is 0.356. The number of benzene rings is 2. The predicted octanol–water partition coefficient (Wildman–Crippen LogP) is 2.07. The SMILES string of the molecule is C=CCOc1ccc(/C=N/NC(=O)C(=O)N2CCN(c3ccccc3OC)CC2)cc1OC. The van der Waals surface area contributed by atoms with Crippen LogP contribution in [0.3, 0.4) is 0 Å². The maximum absolute atomic E-state index is 12.5. The Labute approximate surface area is 193 Å². The summed E-state index contributed by atoms with van der Waals surface area (Å²) in [6.07, 6.45) is 3.07. The number of piperazine rings is 1. The third kappa shape index (κ3) is 6.03. The molecular weight excluding hydrogens is 424 g/mol. The van der Waals surface area contributed by atoms with E-state index in [0.29, 0.717) is 49.8 Å². The van der Waals surface area contributed by atoms with Gasteiger partial charge >= 0.3 is 11.8 Å². The first kappa shape index (κ1) is 23.6. The lowest BCUT2D eigenvalue weighted by molar-refractivity contribution is -0.146. The van der Waals surface area contributed by atoms with Crippen LogP contribution in [0.25, 0.3) is 0 Å². The molecule has 2 aromatic carbocycles. The summed E-state index contributed by atoms with van der Waals surface area (Å²) in [5.74, 6) is 0.478. The Bertz CT molecular complexity index is 1020. The fraction of sp³-hybridized carbons (Fsp3) is 0.292. The first-order valence-corrected chi connectivity index (χ1v) is 10.5. The van der Waals surface area contributed by atoms with Crippen molar-refractivity contribution in [3.05, 3.63) is 60.7 Å². The smallest absolute Gasteiger partial charge is 0.329 e. The summed E-state index contributed by atoms with van der Waals surface area (Å²) in [5.41, 5.74) is 3.94. The van der Waals surface area contributed by atoms with Crippen molar-refractivity contribution in [2.45, 2.75) is 0 Å². The molecule has 1 aliphatic rings. The fourth-order valence-corrected chi connectivity index (χ4v) is 3.43. The number of nitrogens with zero attached hydrogens (tertiary/aromatic N) is 3. The van der Waals surface area contributed by atoms with Crippen molar-refractivity contribution in [2.75, 3.05) is 51.9 Å². The van der Waals surface area contributed by atoms with E-state index in [-0.39, 0.29) is 0 Å². The summed E-state index contributed by atoms with van der Waals surface area (Å²) in [6, 6.07) is 12.9. The van der Waals surface area contributed by atoms with Crippen molar-refractivity contribution in [2.24, 2.45) is 5.10 Å². The van der Waals surface area contributed by atoms with Crippen LogP contribution in [0.15, 0.2) is 60.2 Å². The number of rotatable bonds is 8. The zero-order valence-electron chi connectivity index (χ0n) is 18.8. The van der Waals surface area contributed by atoms with E-state index in [2.05, 4.69) is 22.0 Å². The number of methoxy groups -OCH3 is 2. The van der Waals surface area contributed by atoms with Gasteiger partial charge in [-0.3, -0.25) is 9.59 Å². The molecule has 33 heavy (non-hydrogen) atoms. The highest BCUT2D eigenvalue weighted by Gasteiger charge is 2.26. The van der Waals surface area contributed by atoms with Crippen LogP contribution in [0, 0.1) is 0 Å². The second-order valence-electron chi connectivity index (χ2n) is 7.16. The van der Waals surface area contributed by atoms with Gasteiger partial charge in [-0.25, -0.2) is 5.43 Å². The molecule has 0 atom stereocenters. The fourth-order valence-electron chi connectivity index (χ4n) is 3.43. The number of nitrogens with one attached hydrogen (secondary N) is 1. The molecule has 1 N–H and O–H groups in total. The molecule has 0 bridgehead atoms. The van der Waals surface area contributed by atoms with Crippen molar-refractivity contribution in [3.63, 3.8) is 0 Å². The Morgan fingerprint density at radius 3 is 2.45 bits per heavy atom. The molecular formula is C24H28N4O5. The molecule has 1 aliphatic heterocycles. The van der Waals surface area contributed by atoms with E-state index in [1.54, 1.807) is 31.4 Å². The van der Waals surface area contributed by atoms with Gasteiger partial charge in [-0.1, -0.05) is 24.8 Å². The molecule has 1 saturated heterocycles. The molecule has 2 amide bonds. The summed E-state index contributed by atoms with van der Waals surface area (Å²) in [7, 11) is 3.16. The van der Waals surface area contributed by atoms with E-state index < -0.39 is 11.8 Å². The van der Waals surface area contributed by atoms with Crippen LogP contribution >= 0.6 is 0 Å². The first-order valence-electron chi connectivity index (χ1n) is 10.5. The van der Waals surface area contributed by atoms with Crippen molar-refractivity contribution in [1.82, 2.24) is 10.3 Å². The maximum Gasteiger partial charge on any atom is 0.329 e. The van der Waals surface area contributed by atoms with Gasteiger partial charge in [0.05, 0.1) is 26.1 Å². The van der Waals surface area contributed by atoms with E-state index in [1.807, 2.05) is 24.3 Å². The van der Waals surface area contributed by atoms with Gasteiger partial charge < -0.3 is 24.0 Å². The molecule has 1 heterocycles. The molecule has 174 valence electrons. The Kier molecular flexibility index (Phi) is 8.29. The topological polar surface area (TPSA) is 92.7 Å². The molecule has 0 spiro atoms. The molecule has 9 heteroatoms. The van der Waals surface area contributed by atoms with Gasteiger partial charge in [0.25, 0.3) is 0 Å². The van der Waals surface area contributed by atoms with Gasteiger partial charge in [-0.2, -0.15) is 5.10 Å². The lowest BCUT2D eigenvalue weighted by atomic mass is 10.2. The Morgan fingerprint density at radius 2 is 1.76 bits per heavy atom. The predicted molar refractivity (Wildman–Crippen MR) is 126 cm³/mol. The van der Waals surface area contributed by atoms with Crippen molar-refractivity contribution in [1.29, 1.82) is 0 Å². The number of amides is 2. The summed E-state index contributed by atoms with van der Waals surface area (Å²) in [4.78, 5) is 28.4. The highest BCUT2D eigenvalue weighted by atomic mass is 16.5. The van der Waals surface area contributed by atoms with Gasteiger partial charge in [0, 0.05) is 26.2 Å². The van der Waals surface area contributed by atoms with Gasteiger partial charge in [0.1, 0.15) is 12.4 Å². The van der Waals surface area contributed by atoms with Gasteiger partial charge in [-0.05, 0) is 35.9 Å². The lowest BCUT2D eigenvalue weighted by Gasteiger charge is -2.36. The van der Waals surface area contributed by atoms with Crippen LogP contribution in [-0.4, -0.2) is 69.9 Å². The Morgan fingerprint density at radius 1 is 1.03 bits per heavy atom. The number of carbonyl (C=O) groups excluding carboxylic acids is 2. The van der Waals surface area contributed by atoms with Crippen LogP contribution in [0.2, 0.25) is 0 Å². The summed E-state index contributed by atoms with van der Waals surface area (Å²) in [6.45, 7) is 6.02.